The number of benzene rings is 1. The fourth-order valence-electron chi connectivity index (χ4n) is 3.01. The highest BCUT2D eigenvalue weighted by Crippen LogP contribution is 2.23. The molecule has 1 fully saturated rings. The van der Waals surface area contributed by atoms with Crippen molar-refractivity contribution in [3.8, 4) is 0 Å². The third-order valence-corrected chi connectivity index (χ3v) is 4.74. The molecule has 1 amide bonds. The molecule has 1 saturated heterocycles. The van der Waals surface area contributed by atoms with Gasteiger partial charge in [0.05, 0.1) is 29.4 Å². The number of carbonyl (C=O) groups is 2. The van der Waals surface area contributed by atoms with E-state index in [-0.39, 0.29) is 40.6 Å². The summed E-state index contributed by atoms with van der Waals surface area (Å²) in [7, 11) is 1.28. The highest BCUT2D eigenvalue weighted by atomic mass is 35.5. The van der Waals surface area contributed by atoms with E-state index in [1.165, 1.54) is 19.2 Å². The molecule has 1 aromatic carbocycles. The number of nitrogens with one attached hydrogen (secondary N) is 2. The average molecular weight is 414 g/mol. The van der Waals surface area contributed by atoms with E-state index < -0.39 is 5.97 Å². The number of amides is 1. The van der Waals surface area contributed by atoms with Crippen molar-refractivity contribution in [3.63, 3.8) is 0 Å². The Bertz CT molecular complexity index is 834. The molecule has 146 valence electrons. The van der Waals surface area contributed by atoms with Gasteiger partial charge in [-0.1, -0.05) is 16.8 Å². The van der Waals surface area contributed by atoms with Crippen molar-refractivity contribution >= 4 is 41.6 Å². The first-order valence-corrected chi connectivity index (χ1v) is 8.70. The van der Waals surface area contributed by atoms with Gasteiger partial charge in [0, 0.05) is 5.69 Å². The normalized spacial score (nSPS) is 14.3. The Balaban J connectivity index is 0.00000261. The molecule has 1 aliphatic rings. The third-order valence-electron chi connectivity index (χ3n) is 4.43. The number of piperidine rings is 1. The van der Waals surface area contributed by atoms with Gasteiger partial charge >= 0.3 is 5.97 Å². The van der Waals surface area contributed by atoms with Gasteiger partial charge in [-0.3, -0.25) is 4.79 Å². The Morgan fingerprint density at radius 1 is 1.33 bits per heavy atom. The van der Waals surface area contributed by atoms with Gasteiger partial charge < -0.3 is 15.4 Å². The largest absolute Gasteiger partial charge is 0.465 e. The lowest BCUT2D eigenvalue weighted by atomic mass is 10.1. The predicted octanol–water partition coefficient (Wildman–Crippen LogP) is 2.63. The maximum Gasteiger partial charge on any atom is 0.339 e. The Morgan fingerprint density at radius 3 is 2.67 bits per heavy atom. The molecule has 27 heavy (non-hydrogen) atoms. The van der Waals surface area contributed by atoms with Gasteiger partial charge in [0.15, 0.2) is 5.69 Å². The summed E-state index contributed by atoms with van der Waals surface area (Å²) in [4.78, 5) is 24.1. The van der Waals surface area contributed by atoms with Crippen molar-refractivity contribution in [2.45, 2.75) is 25.8 Å². The van der Waals surface area contributed by atoms with Crippen molar-refractivity contribution in [2.75, 3.05) is 25.5 Å². The number of carbonyl (C=O) groups excluding carboxylic acids is 2. The Morgan fingerprint density at radius 2 is 2.04 bits per heavy atom. The zero-order valence-corrected chi connectivity index (χ0v) is 16.6. The predicted molar refractivity (Wildman–Crippen MR) is 104 cm³/mol. The fraction of sp³-hybridized carbons (Fsp3) is 0.412. The highest BCUT2D eigenvalue weighted by molar-refractivity contribution is 6.34. The SMILES string of the molecule is COC(=O)c1ccc(NC(=O)c2nnn(C3CCNCC3)c2C)cc1Cl.Cl. The van der Waals surface area contributed by atoms with Crippen LogP contribution in [0.15, 0.2) is 18.2 Å². The molecule has 0 aliphatic carbocycles. The van der Waals surface area contributed by atoms with Crippen LogP contribution in [0.1, 0.15) is 45.4 Å². The number of ether oxygens (including phenoxy) is 1. The third kappa shape index (κ3) is 4.58. The van der Waals surface area contributed by atoms with Gasteiger partial charge in [0.2, 0.25) is 0 Å². The molecule has 0 bridgehead atoms. The quantitative estimate of drug-likeness (QED) is 0.747. The zero-order valence-electron chi connectivity index (χ0n) is 15.0. The van der Waals surface area contributed by atoms with Crippen molar-refractivity contribution < 1.29 is 14.3 Å². The van der Waals surface area contributed by atoms with E-state index in [1.54, 1.807) is 6.07 Å². The Labute approximate surface area is 168 Å². The van der Waals surface area contributed by atoms with Gasteiger partial charge in [-0.25, -0.2) is 9.48 Å². The molecule has 2 heterocycles. The van der Waals surface area contributed by atoms with Crippen LogP contribution in [-0.2, 0) is 4.74 Å². The van der Waals surface area contributed by atoms with E-state index in [4.69, 9.17) is 11.6 Å². The topological polar surface area (TPSA) is 98.1 Å². The van der Waals surface area contributed by atoms with Gasteiger partial charge in [0.25, 0.3) is 5.91 Å². The number of methoxy groups -OCH3 is 1. The second-order valence-electron chi connectivity index (χ2n) is 6.09. The van der Waals surface area contributed by atoms with E-state index >= 15 is 0 Å². The summed E-state index contributed by atoms with van der Waals surface area (Å²) in [6.45, 7) is 3.69. The summed E-state index contributed by atoms with van der Waals surface area (Å²) >= 11 is 6.08. The summed E-state index contributed by atoms with van der Waals surface area (Å²) < 4.78 is 6.47. The van der Waals surface area contributed by atoms with Crippen LogP contribution in [0.5, 0.6) is 0 Å². The smallest absolute Gasteiger partial charge is 0.339 e. The molecule has 2 N–H and O–H groups in total. The molecule has 0 unspecified atom stereocenters. The molecule has 10 heteroatoms. The van der Waals surface area contributed by atoms with Gasteiger partial charge in [-0.15, -0.1) is 17.5 Å². The molecule has 0 spiro atoms. The minimum Gasteiger partial charge on any atom is -0.465 e. The molecular weight excluding hydrogens is 393 g/mol. The van der Waals surface area contributed by atoms with Crippen molar-refractivity contribution in [1.82, 2.24) is 20.3 Å². The fourth-order valence-corrected chi connectivity index (χ4v) is 3.27. The monoisotopic (exact) mass is 413 g/mol. The van der Waals surface area contributed by atoms with Crippen LogP contribution in [0, 0.1) is 6.92 Å². The zero-order chi connectivity index (χ0) is 18.7. The number of aromatic nitrogens is 3. The first-order chi connectivity index (χ1) is 12.5. The Hall–Kier alpha value is -2.16. The molecule has 0 atom stereocenters. The van der Waals surface area contributed by atoms with Gasteiger partial charge in [-0.2, -0.15) is 0 Å². The van der Waals surface area contributed by atoms with E-state index in [0.717, 1.165) is 31.6 Å². The summed E-state index contributed by atoms with van der Waals surface area (Å²) in [5.41, 5.74) is 1.70. The number of anilines is 1. The standard InChI is InChI=1S/C17H20ClN5O3.ClH/c1-10-15(21-22-23(10)12-5-7-19-8-6-12)16(24)20-11-3-4-13(14(18)9-11)17(25)26-2;/h3-4,9,12,19H,5-8H2,1-2H3,(H,20,24);1H. The number of esters is 1. The summed E-state index contributed by atoms with van der Waals surface area (Å²) in [6, 6.07) is 4.84. The van der Waals surface area contributed by atoms with Crippen LogP contribution >= 0.6 is 24.0 Å². The average Bonchev–Trinajstić information content (AvgIpc) is 3.03. The summed E-state index contributed by atoms with van der Waals surface area (Å²) in [6.07, 6.45) is 1.91. The minimum atomic E-state index is -0.534. The molecule has 2 aromatic rings. The molecule has 1 aromatic heterocycles. The first-order valence-electron chi connectivity index (χ1n) is 8.33. The number of rotatable bonds is 4. The number of hydrogen-bond donors (Lipinski definition) is 2. The number of hydrogen-bond acceptors (Lipinski definition) is 6. The lowest BCUT2D eigenvalue weighted by Gasteiger charge is -2.23. The lowest BCUT2D eigenvalue weighted by molar-refractivity contribution is 0.0601. The summed E-state index contributed by atoms with van der Waals surface area (Å²) in [5.74, 6) is -0.904. The number of nitrogens with zero attached hydrogens (tertiary/aromatic N) is 3. The van der Waals surface area contributed by atoms with E-state index in [9.17, 15) is 9.59 Å². The van der Waals surface area contributed by atoms with Gasteiger partial charge in [0.1, 0.15) is 0 Å². The van der Waals surface area contributed by atoms with Crippen LogP contribution < -0.4 is 10.6 Å². The Kier molecular flexibility index (Phi) is 7.18. The van der Waals surface area contributed by atoms with Crippen LogP contribution in [-0.4, -0.2) is 47.1 Å². The van der Waals surface area contributed by atoms with E-state index in [2.05, 4.69) is 25.7 Å². The molecule has 0 radical (unpaired) electrons. The lowest BCUT2D eigenvalue weighted by Crippen LogP contribution is -2.30. The number of halogens is 2. The van der Waals surface area contributed by atoms with Crippen LogP contribution in [0.2, 0.25) is 5.02 Å². The first kappa shape index (κ1) is 21.1. The van der Waals surface area contributed by atoms with Crippen molar-refractivity contribution in [3.05, 3.63) is 40.2 Å². The van der Waals surface area contributed by atoms with Crippen molar-refractivity contribution in [2.24, 2.45) is 0 Å². The van der Waals surface area contributed by atoms with Crippen LogP contribution in [0.25, 0.3) is 0 Å². The second kappa shape index (κ2) is 9.16. The molecule has 1 aliphatic heterocycles. The maximum atomic E-state index is 12.5. The maximum absolute atomic E-state index is 12.5. The minimum absolute atomic E-state index is 0. The van der Waals surface area contributed by atoms with E-state index in [1.807, 2.05) is 11.6 Å². The van der Waals surface area contributed by atoms with Crippen LogP contribution in [0.4, 0.5) is 5.69 Å². The second-order valence-corrected chi connectivity index (χ2v) is 6.50. The van der Waals surface area contributed by atoms with Gasteiger partial charge in [-0.05, 0) is 51.1 Å². The molecular formula is C17H21Cl2N5O3. The highest BCUT2D eigenvalue weighted by Gasteiger charge is 2.23. The van der Waals surface area contributed by atoms with Crippen LogP contribution in [0.3, 0.4) is 0 Å². The molecule has 8 nitrogen and oxygen atoms in total. The van der Waals surface area contributed by atoms with E-state index in [0.29, 0.717) is 5.69 Å². The molecule has 3 rings (SSSR count). The molecule has 0 saturated carbocycles. The van der Waals surface area contributed by atoms with Crippen molar-refractivity contribution in [1.29, 1.82) is 0 Å². The summed E-state index contributed by atoms with van der Waals surface area (Å²) in [5, 5.41) is 14.4.